The lowest BCUT2D eigenvalue weighted by molar-refractivity contribution is -0.138. The summed E-state index contributed by atoms with van der Waals surface area (Å²) >= 11 is 0. The Labute approximate surface area is 105 Å². The van der Waals surface area contributed by atoms with Crippen LogP contribution in [0.3, 0.4) is 0 Å². The third-order valence-electron chi connectivity index (χ3n) is 2.62. The van der Waals surface area contributed by atoms with E-state index in [2.05, 4.69) is 5.32 Å². The Morgan fingerprint density at radius 2 is 2.11 bits per heavy atom. The molecule has 1 aromatic carbocycles. The van der Waals surface area contributed by atoms with Crippen molar-refractivity contribution in [3.63, 3.8) is 0 Å². The molecule has 0 spiro atoms. The molecule has 1 atom stereocenters. The van der Waals surface area contributed by atoms with E-state index in [1.54, 1.807) is 0 Å². The number of fused-ring (bicyclic) bond motifs is 1. The lowest BCUT2D eigenvalue weighted by atomic mass is 10.2. The molecule has 1 unspecified atom stereocenters. The van der Waals surface area contributed by atoms with Crippen LogP contribution >= 0.6 is 0 Å². The lowest BCUT2D eigenvalue weighted by Gasteiger charge is -2.19. The van der Waals surface area contributed by atoms with Crippen molar-refractivity contribution in [2.75, 3.05) is 19.8 Å². The van der Waals surface area contributed by atoms with E-state index in [4.69, 9.17) is 20.3 Å². The van der Waals surface area contributed by atoms with Crippen LogP contribution in [0.15, 0.2) is 18.2 Å². The molecule has 4 N–H and O–H groups in total. The minimum Gasteiger partial charge on any atom is -0.486 e. The van der Waals surface area contributed by atoms with Crippen molar-refractivity contribution in [1.29, 1.82) is 0 Å². The van der Waals surface area contributed by atoms with Crippen molar-refractivity contribution < 1.29 is 19.4 Å². The van der Waals surface area contributed by atoms with Crippen molar-refractivity contribution in [3.05, 3.63) is 23.8 Å². The Hall–Kier alpha value is -1.79. The summed E-state index contributed by atoms with van der Waals surface area (Å²) < 4.78 is 10.9. The van der Waals surface area contributed by atoms with E-state index < -0.39 is 12.0 Å². The Kier molecular flexibility index (Phi) is 4.01. The zero-order valence-electron chi connectivity index (χ0n) is 9.89. The molecule has 2 rings (SSSR count). The fraction of sp³-hybridized carbons (Fsp3) is 0.417. The van der Waals surface area contributed by atoms with Gasteiger partial charge < -0.3 is 25.6 Å². The molecule has 1 aliphatic heterocycles. The zero-order valence-corrected chi connectivity index (χ0v) is 9.89. The van der Waals surface area contributed by atoms with Gasteiger partial charge in [0.25, 0.3) is 0 Å². The first-order valence-electron chi connectivity index (χ1n) is 5.74. The molecule has 18 heavy (non-hydrogen) atoms. The molecule has 1 heterocycles. The van der Waals surface area contributed by atoms with Gasteiger partial charge in [-0.15, -0.1) is 0 Å². The molecule has 0 fully saturated rings. The number of hydrogen-bond donors (Lipinski definition) is 3. The molecule has 0 saturated carbocycles. The van der Waals surface area contributed by atoms with Gasteiger partial charge in [-0.05, 0) is 17.7 Å². The number of carboxylic acid groups (broad SMARTS) is 1. The fourth-order valence-electron chi connectivity index (χ4n) is 1.66. The lowest BCUT2D eigenvalue weighted by Crippen LogP contribution is -2.40. The number of rotatable bonds is 5. The van der Waals surface area contributed by atoms with Gasteiger partial charge in [-0.2, -0.15) is 0 Å². The second kappa shape index (κ2) is 5.70. The van der Waals surface area contributed by atoms with E-state index in [0.29, 0.717) is 19.8 Å². The van der Waals surface area contributed by atoms with Gasteiger partial charge in [0.15, 0.2) is 11.5 Å². The van der Waals surface area contributed by atoms with E-state index in [-0.39, 0.29) is 6.54 Å². The standard InChI is InChI=1S/C12H16N2O4/c13-9(12(15)16)7-14-6-8-1-2-10-11(5-8)18-4-3-17-10/h1-2,5,9,14H,3-4,6-7,13H2,(H,15,16). The average Bonchev–Trinajstić information content (AvgIpc) is 2.38. The minimum atomic E-state index is -1.01. The summed E-state index contributed by atoms with van der Waals surface area (Å²) in [6.45, 7) is 1.88. The van der Waals surface area contributed by atoms with Crippen LogP contribution < -0.4 is 20.5 Å². The number of carboxylic acids is 1. The maximum atomic E-state index is 10.5. The van der Waals surface area contributed by atoms with Crippen molar-refractivity contribution in [2.24, 2.45) is 5.73 Å². The molecule has 1 aliphatic rings. The van der Waals surface area contributed by atoms with Crippen molar-refractivity contribution >= 4 is 5.97 Å². The number of hydrogen-bond acceptors (Lipinski definition) is 5. The number of ether oxygens (including phenoxy) is 2. The third kappa shape index (κ3) is 3.12. The number of carbonyl (C=O) groups is 1. The van der Waals surface area contributed by atoms with Gasteiger partial charge in [-0.1, -0.05) is 6.07 Å². The molecule has 0 bridgehead atoms. The SMILES string of the molecule is NC(CNCc1ccc2c(c1)OCCO2)C(=O)O. The Morgan fingerprint density at radius 1 is 1.39 bits per heavy atom. The monoisotopic (exact) mass is 252 g/mol. The maximum Gasteiger partial charge on any atom is 0.321 e. The van der Waals surface area contributed by atoms with Gasteiger partial charge >= 0.3 is 5.97 Å². The van der Waals surface area contributed by atoms with E-state index in [9.17, 15) is 4.79 Å². The molecule has 6 nitrogen and oxygen atoms in total. The summed E-state index contributed by atoms with van der Waals surface area (Å²) in [7, 11) is 0. The minimum absolute atomic E-state index is 0.226. The number of nitrogens with one attached hydrogen (secondary N) is 1. The van der Waals surface area contributed by atoms with Gasteiger partial charge in [0.1, 0.15) is 19.3 Å². The van der Waals surface area contributed by atoms with Gasteiger partial charge in [0.2, 0.25) is 0 Å². The highest BCUT2D eigenvalue weighted by Gasteiger charge is 2.13. The van der Waals surface area contributed by atoms with Crippen molar-refractivity contribution in [2.45, 2.75) is 12.6 Å². The highest BCUT2D eigenvalue weighted by atomic mass is 16.6. The second-order valence-electron chi connectivity index (χ2n) is 4.05. The zero-order chi connectivity index (χ0) is 13.0. The van der Waals surface area contributed by atoms with Gasteiger partial charge in [0, 0.05) is 13.1 Å². The second-order valence-corrected chi connectivity index (χ2v) is 4.05. The van der Waals surface area contributed by atoms with Crippen molar-refractivity contribution in [3.8, 4) is 11.5 Å². The van der Waals surface area contributed by atoms with Crippen LogP contribution in [0.25, 0.3) is 0 Å². The number of benzene rings is 1. The van der Waals surface area contributed by atoms with Crippen LogP contribution in [-0.4, -0.2) is 36.9 Å². The Bertz CT molecular complexity index is 436. The molecular weight excluding hydrogens is 236 g/mol. The Morgan fingerprint density at radius 3 is 2.83 bits per heavy atom. The topological polar surface area (TPSA) is 93.8 Å². The average molecular weight is 252 g/mol. The smallest absolute Gasteiger partial charge is 0.321 e. The third-order valence-corrected chi connectivity index (χ3v) is 2.62. The summed E-state index contributed by atoms with van der Waals surface area (Å²) in [4.78, 5) is 10.5. The molecule has 98 valence electrons. The molecule has 0 radical (unpaired) electrons. The maximum absolute atomic E-state index is 10.5. The highest BCUT2D eigenvalue weighted by molar-refractivity contribution is 5.73. The van der Waals surface area contributed by atoms with Gasteiger partial charge in [-0.25, -0.2) is 0 Å². The largest absolute Gasteiger partial charge is 0.486 e. The molecule has 0 saturated heterocycles. The number of aliphatic carboxylic acids is 1. The van der Waals surface area contributed by atoms with Gasteiger partial charge in [-0.3, -0.25) is 4.79 Å². The number of nitrogens with two attached hydrogens (primary N) is 1. The quantitative estimate of drug-likeness (QED) is 0.680. The van der Waals surface area contributed by atoms with Crippen LogP contribution in [0.5, 0.6) is 11.5 Å². The summed E-state index contributed by atoms with van der Waals surface area (Å²) in [5, 5.41) is 11.6. The van der Waals surface area contributed by atoms with Crippen LogP contribution in [0.2, 0.25) is 0 Å². The van der Waals surface area contributed by atoms with Crippen LogP contribution in [0.1, 0.15) is 5.56 Å². The summed E-state index contributed by atoms with van der Waals surface area (Å²) in [5.74, 6) is 0.458. The predicted octanol–water partition coefficient (Wildman–Crippen LogP) is -0.0407. The summed E-state index contributed by atoms with van der Waals surface area (Å²) in [6, 6.07) is 4.76. The first-order chi connectivity index (χ1) is 8.66. The first-order valence-corrected chi connectivity index (χ1v) is 5.74. The van der Waals surface area contributed by atoms with Gasteiger partial charge in [0.05, 0.1) is 0 Å². The molecule has 0 aromatic heterocycles. The molecular formula is C12H16N2O4. The molecule has 0 aliphatic carbocycles. The molecule has 1 aromatic rings. The van der Waals surface area contributed by atoms with E-state index >= 15 is 0 Å². The summed E-state index contributed by atoms with van der Waals surface area (Å²) in [6.07, 6.45) is 0. The highest BCUT2D eigenvalue weighted by Crippen LogP contribution is 2.30. The fourth-order valence-corrected chi connectivity index (χ4v) is 1.66. The molecule has 6 heteroatoms. The first kappa shape index (κ1) is 12.7. The Balaban J connectivity index is 1.88. The van der Waals surface area contributed by atoms with Crippen LogP contribution in [-0.2, 0) is 11.3 Å². The van der Waals surface area contributed by atoms with Crippen LogP contribution in [0, 0.1) is 0 Å². The van der Waals surface area contributed by atoms with E-state index in [1.165, 1.54) is 0 Å². The normalized spacial score (nSPS) is 15.2. The van der Waals surface area contributed by atoms with Crippen molar-refractivity contribution in [1.82, 2.24) is 5.32 Å². The van der Waals surface area contributed by atoms with E-state index in [0.717, 1.165) is 17.1 Å². The molecule has 0 amide bonds. The van der Waals surface area contributed by atoms with Crippen LogP contribution in [0.4, 0.5) is 0 Å². The predicted molar refractivity (Wildman–Crippen MR) is 64.7 cm³/mol. The van der Waals surface area contributed by atoms with E-state index in [1.807, 2.05) is 18.2 Å². The summed E-state index contributed by atoms with van der Waals surface area (Å²) in [5.41, 5.74) is 6.38.